The van der Waals surface area contributed by atoms with Crippen LogP contribution in [0.3, 0.4) is 0 Å². The second-order valence-corrected chi connectivity index (χ2v) is 6.48. The highest BCUT2D eigenvalue weighted by Crippen LogP contribution is 2.29. The van der Waals surface area contributed by atoms with E-state index < -0.39 is 0 Å². The molecule has 1 N–H and O–H groups in total. The number of nitrogens with one attached hydrogen (secondary N) is 1. The zero-order chi connectivity index (χ0) is 16.9. The summed E-state index contributed by atoms with van der Waals surface area (Å²) in [5.41, 5.74) is 1.42. The number of carbonyl (C=O) groups is 1. The van der Waals surface area contributed by atoms with Crippen molar-refractivity contribution in [3.8, 4) is 5.69 Å². The van der Waals surface area contributed by atoms with Crippen LogP contribution in [0.25, 0.3) is 5.69 Å². The van der Waals surface area contributed by atoms with Crippen LogP contribution in [0, 0.1) is 0 Å². The van der Waals surface area contributed by atoms with E-state index in [0.717, 1.165) is 5.69 Å². The maximum atomic E-state index is 12.1. The van der Waals surface area contributed by atoms with Crippen molar-refractivity contribution < 1.29 is 4.79 Å². The van der Waals surface area contributed by atoms with Gasteiger partial charge in [-0.2, -0.15) is 0 Å². The number of hydrogen-bond acceptors (Lipinski definition) is 4. The van der Waals surface area contributed by atoms with E-state index in [9.17, 15) is 4.79 Å². The van der Waals surface area contributed by atoms with Gasteiger partial charge in [-0.25, -0.2) is 0 Å². The van der Waals surface area contributed by atoms with Crippen molar-refractivity contribution in [3.05, 3.63) is 64.9 Å². The van der Waals surface area contributed by atoms with Gasteiger partial charge in [0.05, 0.1) is 21.5 Å². The smallest absolute Gasteiger partial charge is 0.234 e. The number of amides is 1. The van der Waals surface area contributed by atoms with Gasteiger partial charge in [-0.3, -0.25) is 9.36 Å². The summed E-state index contributed by atoms with van der Waals surface area (Å²) in [6.07, 6.45) is 1.61. The second kappa shape index (κ2) is 7.70. The molecule has 1 heterocycles. The maximum Gasteiger partial charge on any atom is 0.234 e. The molecule has 0 radical (unpaired) electrons. The number of carbonyl (C=O) groups excluding carboxylic acids is 1. The van der Waals surface area contributed by atoms with E-state index in [1.165, 1.54) is 11.8 Å². The summed E-state index contributed by atoms with van der Waals surface area (Å²) in [5, 5.41) is 12.1. The fraction of sp³-hybridized carbons (Fsp3) is 0.0625. The molecule has 0 spiro atoms. The van der Waals surface area contributed by atoms with E-state index in [1.807, 2.05) is 34.9 Å². The molecule has 0 aliphatic carbocycles. The van der Waals surface area contributed by atoms with Crippen molar-refractivity contribution in [3.63, 3.8) is 0 Å². The molecule has 0 saturated carbocycles. The van der Waals surface area contributed by atoms with Gasteiger partial charge in [0.15, 0.2) is 5.16 Å². The molecule has 122 valence electrons. The minimum atomic E-state index is -0.202. The third kappa shape index (κ3) is 3.90. The van der Waals surface area contributed by atoms with Crippen LogP contribution in [-0.4, -0.2) is 26.4 Å². The van der Waals surface area contributed by atoms with Crippen molar-refractivity contribution in [2.75, 3.05) is 11.1 Å². The van der Waals surface area contributed by atoms with Gasteiger partial charge in [-0.05, 0) is 24.3 Å². The van der Waals surface area contributed by atoms with Gasteiger partial charge in [0.2, 0.25) is 5.91 Å². The molecule has 0 fully saturated rings. The van der Waals surface area contributed by atoms with Crippen LogP contribution < -0.4 is 5.32 Å². The Morgan fingerprint density at radius 2 is 1.92 bits per heavy atom. The topological polar surface area (TPSA) is 59.8 Å². The molecule has 5 nitrogen and oxygen atoms in total. The Kier molecular flexibility index (Phi) is 5.40. The Bertz CT molecular complexity index is 854. The van der Waals surface area contributed by atoms with Gasteiger partial charge in [-0.15, -0.1) is 10.2 Å². The molecule has 2 aromatic carbocycles. The fourth-order valence-corrected chi connectivity index (χ4v) is 3.08. The quantitative estimate of drug-likeness (QED) is 0.672. The molecule has 24 heavy (non-hydrogen) atoms. The van der Waals surface area contributed by atoms with E-state index in [0.29, 0.717) is 20.9 Å². The first kappa shape index (κ1) is 16.8. The number of nitrogens with zero attached hydrogens (tertiary/aromatic N) is 3. The average molecular weight is 379 g/mol. The Morgan fingerprint density at radius 3 is 2.71 bits per heavy atom. The molecule has 8 heteroatoms. The molecule has 0 aliphatic heterocycles. The number of thioether (sulfide) groups is 1. The van der Waals surface area contributed by atoms with E-state index in [4.69, 9.17) is 23.2 Å². The van der Waals surface area contributed by atoms with E-state index in [2.05, 4.69) is 15.5 Å². The molecular weight excluding hydrogens is 367 g/mol. The number of hydrogen-bond donors (Lipinski definition) is 1. The monoisotopic (exact) mass is 378 g/mol. The lowest BCUT2D eigenvalue weighted by Gasteiger charge is -2.08. The van der Waals surface area contributed by atoms with E-state index in [1.54, 1.807) is 24.5 Å². The van der Waals surface area contributed by atoms with Crippen molar-refractivity contribution in [1.82, 2.24) is 14.8 Å². The van der Waals surface area contributed by atoms with Gasteiger partial charge in [0.25, 0.3) is 0 Å². The van der Waals surface area contributed by atoms with Crippen molar-refractivity contribution in [1.29, 1.82) is 0 Å². The minimum Gasteiger partial charge on any atom is -0.324 e. The maximum absolute atomic E-state index is 12.1. The number of benzene rings is 2. The largest absolute Gasteiger partial charge is 0.324 e. The van der Waals surface area contributed by atoms with E-state index in [-0.39, 0.29) is 11.7 Å². The Balaban J connectivity index is 1.65. The van der Waals surface area contributed by atoms with Crippen molar-refractivity contribution in [2.45, 2.75) is 5.16 Å². The third-order valence-corrected chi connectivity index (χ3v) is 4.87. The third-order valence-electron chi connectivity index (χ3n) is 3.11. The standard InChI is InChI=1S/C16H12Cl2N4OS/c17-12-7-4-8-13(15(12)18)20-14(23)9-24-16-21-19-10-22(16)11-5-2-1-3-6-11/h1-8,10H,9H2,(H,20,23). The molecule has 1 amide bonds. The van der Waals surface area contributed by atoms with Gasteiger partial charge >= 0.3 is 0 Å². The van der Waals surface area contributed by atoms with Crippen LogP contribution in [0.5, 0.6) is 0 Å². The Hall–Kier alpha value is -2.02. The molecule has 0 saturated heterocycles. The molecule has 0 unspecified atom stereocenters. The first-order valence-electron chi connectivity index (χ1n) is 6.97. The summed E-state index contributed by atoms with van der Waals surface area (Å²) in [4.78, 5) is 12.1. The number of halogens is 2. The highest BCUT2D eigenvalue weighted by molar-refractivity contribution is 7.99. The average Bonchev–Trinajstić information content (AvgIpc) is 3.06. The molecular formula is C16H12Cl2N4OS. The first-order valence-corrected chi connectivity index (χ1v) is 8.71. The molecule has 3 aromatic rings. The van der Waals surface area contributed by atoms with Gasteiger partial charge in [-0.1, -0.05) is 59.2 Å². The summed E-state index contributed by atoms with van der Waals surface area (Å²) in [5.74, 6) is -0.0271. The zero-order valence-corrected chi connectivity index (χ0v) is 14.6. The SMILES string of the molecule is O=C(CSc1nncn1-c1ccccc1)Nc1cccc(Cl)c1Cl. The normalized spacial score (nSPS) is 10.6. The number of aromatic nitrogens is 3. The second-order valence-electron chi connectivity index (χ2n) is 4.76. The summed E-state index contributed by atoms with van der Waals surface area (Å²) in [6, 6.07) is 14.8. The molecule has 3 rings (SSSR count). The van der Waals surface area contributed by atoms with Crippen molar-refractivity contribution in [2.24, 2.45) is 0 Å². The van der Waals surface area contributed by atoms with Crippen LogP contribution in [0.1, 0.15) is 0 Å². The van der Waals surface area contributed by atoms with Gasteiger partial charge < -0.3 is 5.32 Å². The summed E-state index contributed by atoms with van der Waals surface area (Å²) in [6.45, 7) is 0. The van der Waals surface area contributed by atoms with E-state index >= 15 is 0 Å². The molecule has 1 aromatic heterocycles. The number of rotatable bonds is 5. The molecule has 0 aliphatic rings. The van der Waals surface area contributed by atoms with Gasteiger partial charge in [0, 0.05) is 5.69 Å². The molecule has 0 atom stereocenters. The van der Waals surface area contributed by atoms with Crippen LogP contribution >= 0.6 is 35.0 Å². The minimum absolute atomic E-state index is 0.175. The highest BCUT2D eigenvalue weighted by atomic mass is 35.5. The highest BCUT2D eigenvalue weighted by Gasteiger charge is 2.12. The van der Waals surface area contributed by atoms with Crippen LogP contribution in [0.4, 0.5) is 5.69 Å². The van der Waals surface area contributed by atoms with Gasteiger partial charge in [0.1, 0.15) is 6.33 Å². The molecule has 0 bridgehead atoms. The first-order chi connectivity index (χ1) is 11.6. The number of para-hydroxylation sites is 1. The summed E-state index contributed by atoms with van der Waals surface area (Å²) in [7, 11) is 0. The number of anilines is 1. The Morgan fingerprint density at radius 1 is 1.12 bits per heavy atom. The summed E-state index contributed by atoms with van der Waals surface area (Å²) < 4.78 is 1.82. The fourth-order valence-electron chi connectivity index (χ4n) is 2.01. The lowest BCUT2D eigenvalue weighted by molar-refractivity contribution is -0.113. The zero-order valence-electron chi connectivity index (χ0n) is 12.3. The lowest BCUT2D eigenvalue weighted by atomic mass is 10.3. The predicted molar refractivity (Wildman–Crippen MR) is 97.2 cm³/mol. The van der Waals surface area contributed by atoms with Crippen LogP contribution in [0.15, 0.2) is 60.0 Å². The predicted octanol–water partition coefficient (Wildman–Crippen LogP) is 4.30. The van der Waals surface area contributed by atoms with Crippen LogP contribution in [-0.2, 0) is 4.79 Å². The van der Waals surface area contributed by atoms with Crippen LogP contribution in [0.2, 0.25) is 10.0 Å². The summed E-state index contributed by atoms with van der Waals surface area (Å²) >= 11 is 13.3. The lowest BCUT2D eigenvalue weighted by Crippen LogP contribution is -2.14. The Labute approximate surface area is 153 Å². The van der Waals surface area contributed by atoms with Crippen molar-refractivity contribution >= 4 is 46.6 Å².